The summed E-state index contributed by atoms with van der Waals surface area (Å²) >= 11 is 0. The van der Waals surface area contributed by atoms with Gasteiger partial charge in [0.05, 0.1) is 12.5 Å². The summed E-state index contributed by atoms with van der Waals surface area (Å²) in [5.74, 6) is 1.01. The van der Waals surface area contributed by atoms with Gasteiger partial charge in [-0.25, -0.2) is 0 Å². The predicted molar refractivity (Wildman–Crippen MR) is 65.5 cm³/mol. The van der Waals surface area contributed by atoms with Gasteiger partial charge in [-0.15, -0.1) is 0 Å². The average Bonchev–Trinajstić information content (AvgIpc) is 3.06. The van der Waals surface area contributed by atoms with E-state index in [0.717, 1.165) is 0 Å². The number of carbonyl (C=O) groups is 2. The lowest BCUT2D eigenvalue weighted by molar-refractivity contribution is -0.107. The van der Waals surface area contributed by atoms with Gasteiger partial charge in [0.25, 0.3) is 0 Å². The van der Waals surface area contributed by atoms with Crippen molar-refractivity contribution < 1.29 is 18.4 Å². The highest BCUT2D eigenvalue weighted by molar-refractivity contribution is 6.02. The van der Waals surface area contributed by atoms with Crippen LogP contribution in [0.4, 0.5) is 0 Å². The maximum atomic E-state index is 11.0. The average molecular weight is 242 g/mol. The summed E-state index contributed by atoms with van der Waals surface area (Å²) < 4.78 is 10.2. The lowest BCUT2D eigenvalue weighted by Crippen LogP contribution is -1.92. The van der Waals surface area contributed by atoms with Gasteiger partial charge in [0.15, 0.2) is 12.6 Å². The van der Waals surface area contributed by atoms with E-state index in [1.165, 1.54) is 24.7 Å². The Kier molecular flexibility index (Phi) is 3.71. The molecule has 2 rings (SSSR count). The summed E-state index contributed by atoms with van der Waals surface area (Å²) in [6.07, 6.45) is 7.18. The zero-order valence-corrected chi connectivity index (χ0v) is 9.41. The molecule has 0 aromatic carbocycles. The van der Waals surface area contributed by atoms with Crippen molar-refractivity contribution in [2.45, 2.75) is 0 Å². The molecule has 0 fully saturated rings. The third-order valence-corrected chi connectivity index (χ3v) is 2.27. The molecule has 0 radical (unpaired) electrons. The number of allylic oxidation sites excluding steroid dienone is 2. The number of hydrogen-bond acceptors (Lipinski definition) is 4. The highest BCUT2D eigenvalue weighted by Crippen LogP contribution is 2.15. The van der Waals surface area contributed by atoms with Crippen molar-refractivity contribution in [1.29, 1.82) is 0 Å². The molecule has 0 aliphatic carbocycles. The minimum absolute atomic E-state index is 0.233. The zero-order chi connectivity index (χ0) is 12.8. The van der Waals surface area contributed by atoms with Gasteiger partial charge in [0.2, 0.25) is 0 Å². The van der Waals surface area contributed by atoms with Gasteiger partial charge < -0.3 is 8.83 Å². The van der Waals surface area contributed by atoms with Crippen molar-refractivity contribution in [3.05, 3.63) is 59.5 Å². The first kappa shape index (κ1) is 11.9. The molecule has 4 nitrogen and oxygen atoms in total. The van der Waals surface area contributed by atoms with Crippen molar-refractivity contribution in [2.24, 2.45) is 0 Å². The second kappa shape index (κ2) is 5.63. The number of furan rings is 2. The van der Waals surface area contributed by atoms with Crippen LogP contribution in [0.3, 0.4) is 0 Å². The Morgan fingerprint density at radius 3 is 1.56 bits per heavy atom. The van der Waals surface area contributed by atoms with Crippen molar-refractivity contribution in [3.8, 4) is 0 Å². The first-order valence-corrected chi connectivity index (χ1v) is 5.24. The molecule has 0 aliphatic rings. The van der Waals surface area contributed by atoms with Gasteiger partial charge in [0, 0.05) is 11.1 Å². The van der Waals surface area contributed by atoms with Crippen LogP contribution in [0.25, 0.3) is 12.2 Å². The second-order valence-electron chi connectivity index (χ2n) is 3.47. The Balaban J connectivity index is 2.36. The highest BCUT2D eigenvalue weighted by atomic mass is 16.3. The molecule has 4 heteroatoms. The SMILES string of the molecule is O=CC(=C/c1ccco1)/C(C=O)=C\c1ccco1. The van der Waals surface area contributed by atoms with Gasteiger partial charge in [0.1, 0.15) is 11.5 Å². The monoisotopic (exact) mass is 242 g/mol. The molecule has 0 N–H and O–H groups in total. The van der Waals surface area contributed by atoms with Crippen LogP contribution >= 0.6 is 0 Å². The topological polar surface area (TPSA) is 60.4 Å². The molecule has 0 unspecified atom stereocenters. The summed E-state index contributed by atoms with van der Waals surface area (Å²) in [5.41, 5.74) is 0.465. The van der Waals surface area contributed by atoms with E-state index in [0.29, 0.717) is 24.1 Å². The molecule has 0 saturated carbocycles. The van der Waals surface area contributed by atoms with Crippen LogP contribution in [-0.2, 0) is 9.59 Å². The predicted octanol–water partition coefficient (Wildman–Crippen LogP) is 2.74. The maximum absolute atomic E-state index is 11.0. The van der Waals surface area contributed by atoms with E-state index >= 15 is 0 Å². The quantitative estimate of drug-likeness (QED) is 0.459. The van der Waals surface area contributed by atoms with Crippen LogP contribution in [0.1, 0.15) is 11.5 Å². The molecule has 18 heavy (non-hydrogen) atoms. The molecular weight excluding hydrogens is 232 g/mol. The van der Waals surface area contributed by atoms with Crippen molar-refractivity contribution in [3.63, 3.8) is 0 Å². The molecule has 0 amide bonds. The third-order valence-electron chi connectivity index (χ3n) is 2.27. The summed E-state index contributed by atoms with van der Waals surface area (Å²) in [7, 11) is 0. The van der Waals surface area contributed by atoms with Gasteiger partial charge in [-0.05, 0) is 36.4 Å². The number of hydrogen-bond donors (Lipinski definition) is 0. The zero-order valence-electron chi connectivity index (χ0n) is 9.41. The second-order valence-corrected chi connectivity index (χ2v) is 3.47. The third kappa shape index (κ3) is 2.74. The fourth-order valence-electron chi connectivity index (χ4n) is 1.42. The van der Waals surface area contributed by atoms with E-state index in [4.69, 9.17) is 8.83 Å². The minimum atomic E-state index is 0.233. The first-order chi connectivity index (χ1) is 8.83. The van der Waals surface area contributed by atoms with Crippen LogP contribution in [0.2, 0.25) is 0 Å². The van der Waals surface area contributed by atoms with Crippen molar-refractivity contribution in [1.82, 2.24) is 0 Å². The normalized spacial score (nSPS) is 12.4. The van der Waals surface area contributed by atoms with Gasteiger partial charge in [-0.3, -0.25) is 9.59 Å². The number of rotatable bonds is 5. The molecule has 0 saturated heterocycles. The van der Waals surface area contributed by atoms with E-state index < -0.39 is 0 Å². The van der Waals surface area contributed by atoms with Gasteiger partial charge in [-0.1, -0.05) is 0 Å². The Labute approximate surface area is 103 Å². The van der Waals surface area contributed by atoms with Crippen LogP contribution in [0.15, 0.2) is 56.8 Å². The molecule has 2 aromatic heterocycles. The van der Waals surface area contributed by atoms with Crippen LogP contribution in [-0.4, -0.2) is 12.6 Å². The molecule has 2 aromatic rings. The lowest BCUT2D eigenvalue weighted by Gasteiger charge is -1.97. The van der Waals surface area contributed by atoms with Gasteiger partial charge in [-0.2, -0.15) is 0 Å². The van der Waals surface area contributed by atoms with Gasteiger partial charge >= 0.3 is 0 Å². The largest absolute Gasteiger partial charge is 0.465 e. The molecule has 2 heterocycles. The standard InChI is InChI=1S/C14H10O4/c15-9-11(7-13-3-1-5-17-13)12(10-16)8-14-4-2-6-18-14/h1-10H/b11-7-,12-8-. The van der Waals surface area contributed by atoms with Crippen LogP contribution in [0.5, 0.6) is 0 Å². The molecular formula is C14H10O4. The Bertz CT molecular complexity index is 517. The summed E-state index contributed by atoms with van der Waals surface area (Å²) in [6, 6.07) is 6.79. The van der Waals surface area contributed by atoms with E-state index in [2.05, 4.69) is 0 Å². The van der Waals surface area contributed by atoms with E-state index in [-0.39, 0.29) is 11.1 Å². The lowest BCUT2D eigenvalue weighted by atomic mass is 10.1. The summed E-state index contributed by atoms with van der Waals surface area (Å²) in [5, 5.41) is 0. The molecule has 0 spiro atoms. The van der Waals surface area contributed by atoms with E-state index in [1.807, 2.05) is 0 Å². The number of aldehydes is 2. The smallest absolute Gasteiger partial charge is 0.150 e. The first-order valence-electron chi connectivity index (χ1n) is 5.24. The van der Waals surface area contributed by atoms with Crippen molar-refractivity contribution in [2.75, 3.05) is 0 Å². The fourth-order valence-corrected chi connectivity index (χ4v) is 1.42. The molecule has 0 atom stereocenters. The van der Waals surface area contributed by atoms with E-state index in [9.17, 15) is 9.59 Å². The minimum Gasteiger partial charge on any atom is -0.465 e. The number of carbonyl (C=O) groups excluding carboxylic acids is 2. The van der Waals surface area contributed by atoms with Crippen LogP contribution in [0, 0.1) is 0 Å². The Morgan fingerprint density at radius 2 is 1.28 bits per heavy atom. The fraction of sp³-hybridized carbons (Fsp3) is 0. The van der Waals surface area contributed by atoms with Crippen LogP contribution < -0.4 is 0 Å². The maximum Gasteiger partial charge on any atom is 0.150 e. The molecule has 0 bridgehead atoms. The van der Waals surface area contributed by atoms with Crippen molar-refractivity contribution >= 4 is 24.7 Å². The Morgan fingerprint density at radius 1 is 0.833 bits per heavy atom. The van der Waals surface area contributed by atoms with E-state index in [1.54, 1.807) is 24.3 Å². The highest BCUT2D eigenvalue weighted by Gasteiger charge is 2.06. The Hall–Kier alpha value is -2.62. The molecule has 0 aliphatic heterocycles. The summed E-state index contributed by atoms with van der Waals surface area (Å²) in [6.45, 7) is 0. The molecule has 90 valence electrons. The summed E-state index contributed by atoms with van der Waals surface area (Å²) in [4.78, 5) is 22.0.